The van der Waals surface area contributed by atoms with Crippen molar-refractivity contribution >= 4 is 0 Å². The Morgan fingerprint density at radius 1 is 1.16 bits per heavy atom. The lowest BCUT2D eigenvalue weighted by molar-refractivity contribution is -0.0407. The Morgan fingerprint density at radius 2 is 2.04 bits per heavy atom. The van der Waals surface area contributed by atoms with Crippen LogP contribution in [0.15, 0.2) is 24.3 Å². The summed E-state index contributed by atoms with van der Waals surface area (Å²) in [5.41, 5.74) is 3.42. The molecule has 1 unspecified atom stereocenters. The van der Waals surface area contributed by atoms with Crippen molar-refractivity contribution in [2.75, 3.05) is 32.9 Å². The molecule has 6 nitrogen and oxygen atoms in total. The van der Waals surface area contributed by atoms with Crippen molar-refractivity contribution in [3.8, 4) is 11.5 Å². The molecule has 3 heterocycles. The average molecular weight is 343 g/mol. The standard InChI is InChI=1S/C19H25N3O3/c1-14-10-15(2)22(20-14)13-17-12-21(6-7-23-17)11-16-4-3-5-18-19(16)25-9-8-24-18/h3-5,10,17H,6-9,11-13H2,1-2H3. The Kier molecular flexibility index (Phi) is 4.63. The Hall–Kier alpha value is -2.05. The SMILES string of the molecule is Cc1cc(C)n(CC2CN(Cc3cccc4c3OCCO4)CCO2)n1. The number of aromatic nitrogens is 2. The number of ether oxygens (including phenoxy) is 3. The molecule has 4 rings (SSSR count). The predicted octanol–water partition coefficient (Wildman–Crippen LogP) is 2.17. The maximum atomic E-state index is 5.97. The lowest BCUT2D eigenvalue weighted by Gasteiger charge is -2.33. The lowest BCUT2D eigenvalue weighted by Crippen LogP contribution is -2.44. The molecule has 1 fully saturated rings. The van der Waals surface area contributed by atoms with E-state index in [1.807, 2.05) is 23.7 Å². The summed E-state index contributed by atoms with van der Waals surface area (Å²) < 4.78 is 19.5. The van der Waals surface area contributed by atoms with Gasteiger partial charge < -0.3 is 14.2 Å². The monoisotopic (exact) mass is 343 g/mol. The molecule has 134 valence electrons. The van der Waals surface area contributed by atoms with Crippen molar-refractivity contribution in [3.63, 3.8) is 0 Å². The molecule has 1 atom stereocenters. The van der Waals surface area contributed by atoms with Gasteiger partial charge in [0, 0.05) is 30.9 Å². The summed E-state index contributed by atoms with van der Waals surface area (Å²) in [4.78, 5) is 2.42. The molecule has 0 aliphatic carbocycles. The van der Waals surface area contributed by atoms with Crippen LogP contribution in [0.25, 0.3) is 0 Å². The van der Waals surface area contributed by atoms with Crippen LogP contribution in [0.5, 0.6) is 11.5 Å². The third-order valence-corrected chi connectivity index (χ3v) is 4.74. The minimum Gasteiger partial charge on any atom is -0.486 e. The van der Waals surface area contributed by atoms with Gasteiger partial charge in [0.2, 0.25) is 0 Å². The summed E-state index contributed by atoms with van der Waals surface area (Å²) in [7, 11) is 0. The van der Waals surface area contributed by atoms with E-state index in [1.165, 1.54) is 11.3 Å². The highest BCUT2D eigenvalue weighted by atomic mass is 16.6. The molecule has 0 amide bonds. The smallest absolute Gasteiger partial charge is 0.165 e. The van der Waals surface area contributed by atoms with Gasteiger partial charge in [0.05, 0.1) is 24.9 Å². The van der Waals surface area contributed by atoms with Crippen LogP contribution in [0.1, 0.15) is 17.0 Å². The van der Waals surface area contributed by atoms with E-state index in [4.69, 9.17) is 14.2 Å². The van der Waals surface area contributed by atoms with E-state index in [2.05, 4.69) is 29.1 Å². The number of benzene rings is 1. The third kappa shape index (κ3) is 3.65. The van der Waals surface area contributed by atoms with E-state index in [1.54, 1.807) is 0 Å². The maximum Gasteiger partial charge on any atom is 0.165 e. The van der Waals surface area contributed by atoms with E-state index in [0.717, 1.165) is 50.0 Å². The van der Waals surface area contributed by atoms with Crippen molar-refractivity contribution in [2.24, 2.45) is 0 Å². The van der Waals surface area contributed by atoms with Crippen molar-refractivity contribution in [2.45, 2.75) is 33.0 Å². The Morgan fingerprint density at radius 3 is 2.88 bits per heavy atom. The first-order chi connectivity index (χ1) is 12.2. The molecule has 0 N–H and O–H groups in total. The van der Waals surface area contributed by atoms with Gasteiger partial charge in [-0.1, -0.05) is 12.1 Å². The highest BCUT2D eigenvalue weighted by molar-refractivity contribution is 5.47. The minimum absolute atomic E-state index is 0.156. The quantitative estimate of drug-likeness (QED) is 0.852. The number of fused-ring (bicyclic) bond motifs is 1. The second kappa shape index (κ2) is 7.06. The Labute approximate surface area is 148 Å². The number of hydrogen-bond donors (Lipinski definition) is 0. The van der Waals surface area contributed by atoms with E-state index >= 15 is 0 Å². The first-order valence-corrected chi connectivity index (χ1v) is 8.91. The highest BCUT2D eigenvalue weighted by Gasteiger charge is 2.24. The molecule has 2 aliphatic heterocycles. The van der Waals surface area contributed by atoms with E-state index in [-0.39, 0.29) is 6.10 Å². The molecule has 1 aromatic carbocycles. The van der Waals surface area contributed by atoms with Gasteiger partial charge in [-0.3, -0.25) is 9.58 Å². The molecule has 0 spiro atoms. The minimum atomic E-state index is 0.156. The second-order valence-corrected chi connectivity index (χ2v) is 6.78. The largest absolute Gasteiger partial charge is 0.486 e. The number of aryl methyl sites for hydroxylation is 2. The molecule has 0 radical (unpaired) electrons. The van der Waals surface area contributed by atoms with Crippen molar-refractivity contribution in [1.29, 1.82) is 0 Å². The molecule has 6 heteroatoms. The number of rotatable bonds is 4. The summed E-state index contributed by atoms with van der Waals surface area (Å²) in [6.07, 6.45) is 0.156. The van der Waals surface area contributed by atoms with Gasteiger partial charge in [-0.25, -0.2) is 0 Å². The van der Waals surface area contributed by atoms with E-state index < -0.39 is 0 Å². The van der Waals surface area contributed by atoms with E-state index in [9.17, 15) is 0 Å². The molecule has 2 aromatic rings. The number of morpholine rings is 1. The predicted molar refractivity (Wildman–Crippen MR) is 94.2 cm³/mol. The van der Waals surface area contributed by atoms with Crippen molar-refractivity contribution < 1.29 is 14.2 Å². The fourth-order valence-electron chi connectivity index (χ4n) is 3.59. The molecule has 1 saturated heterocycles. The van der Waals surface area contributed by atoms with Gasteiger partial charge in [0.25, 0.3) is 0 Å². The van der Waals surface area contributed by atoms with Crippen LogP contribution in [0.4, 0.5) is 0 Å². The first kappa shape index (κ1) is 16.4. The van der Waals surface area contributed by atoms with Crippen LogP contribution < -0.4 is 9.47 Å². The molecular formula is C19H25N3O3. The van der Waals surface area contributed by atoms with Gasteiger partial charge in [0.15, 0.2) is 11.5 Å². The van der Waals surface area contributed by atoms with Crippen molar-refractivity contribution in [1.82, 2.24) is 14.7 Å². The lowest BCUT2D eigenvalue weighted by atomic mass is 10.1. The molecular weight excluding hydrogens is 318 g/mol. The van der Waals surface area contributed by atoms with Gasteiger partial charge in [-0.05, 0) is 26.0 Å². The molecule has 0 bridgehead atoms. The molecule has 2 aliphatic rings. The highest BCUT2D eigenvalue weighted by Crippen LogP contribution is 2.34. The molecule has 25 heavy (non-hydrogen) atoms. The van der Waals surface area contributed by atoms with E-state index in [0.29, 0.717) is 13.2 Å². The van der Waals surface area contributed by atoms with Crippen LogP contribution in [0, 0.1) is 13.8 Å². The first-order valence-electron chi connectivity index (χ1n) is 8.91. The second-order valence-electron chi connectivity index (χ2n) is 6.78. The van der Waals surface area contributed by atoms with Gasteiger partial charge in [-0.2, -0.15) is 5.10 Å². The zero-order chi connectivity index (χ0) is 17.2. The summed E-state index contributed by atoms with van der Waals surface area (Å²) in [5, 5.41) is 4.55. The zero-order valence-electron chi connectivity index (χ0n) is 14.9. The van der Waals surface area contributed by atoms with Gasteiger partial charge in [0.1, 0.15) is 13.2 Å². The topological polar surface area (TPSA) is 48.8 Å². The number of para-hydroxylation sites is 1. The molecule has 0 saturated carbocycles. The molecule has 1 aromatic heterocycles. The van der Waals surface area contributed by atoms with Gasteiger partial charge >= 0.3 is 0 Å². The fourth-order valence-corrected chi connectivity index (χ4v) is 3.59. The zero-order valence-corrected chi connectivity index (χ0v) is 14.9. The normalized spacial score (nSPS) is 20.6. The van der Waals surface area contributed by atoms with Crippen LogP contribution in [0.2, 0.25) is 0 Å². The maximum absolute atomic E-state index is 5.97. The summed E-state index contributed by atoms with van der Waals surface area (Å²) in [6.45, 7) is 9.57. The van der Waals surface area contributed by atoms with Crippen LogP contribution in [-0.2, 0) is 17.8 Å². The number of hydrogen-bond acceptors (Lipinski definition) is 5. The summed E-state index contributed by atoms with van der Waals surface area (Å²) in [5.74, 6) is 1.76. The Bertz CT molecular complexity index is 744. The third-order valence-electron chi connectivity index (χ3n) is 4.74. The van der Waals surface area contributed by atoms with Crippen LogP contribution in [-0.4, -0.2) is 53.7 Å². The summed E-state index contributed by atoms with van der Waals surface area (Å²) >= 11 is 0. The summed E-state index contributed by atoms with van der Waals surface area (Å²) in [6, 6.07) is 8.24. The average Bonchev–Trinajstić information content (AvgIpc) is 2.93. The van der Waals surface area contributed by atoms with Crippen LogP contribution in [0.3, 0.4) is 0 Å². The van der Waals surface area contributed by atoms with Crippen molar-refractivity contribution in [3.05, 3.63) is 41.2 Å². The van der Waals surface area contributed by atoms with Crippen LogP contribution >= 0.6 is 0 Å². The number of nitrogens with zero attached hydrogens (tertiary/aromatic N) is 3. The van der Waals surface area contributed by atoms with Gasteiger partial charge in [-0.15, -0.1) is 0 Å². The Balaban J connectivity index is 1.43. The fraction of sp³-hybridized carbons (Fsp3) is 0.526.